The Bertz CT molecular complexity index is 495. The van der Waals surface area contributed by atoms with Crippen molar-refractivity contribution in [1.82, 2.24) is 0 Å². The zero-order valence-electron chi connectivity index (χ0n) is 11.6. The minimum absolute atomic E-state index is 0.0810. The summed E-state index contributed by atoms with van der Waals surface area (Å²) in [5.74, 6) is -0.0810. The SMILES string of the molecule is CCCc1cc(Br)cc(SC)c1C1(C(=O)OC)CC1. The highest BCUT2D eigenvalue weighted by atomic mass is 79.9. The van der Waals surface area contributed by atoms with E-state index in [1.165, 1.54) is 23.1 Å². The minimum Gasteiger partial charge on any atom is -0.468 e. The largest absolute Gasteiger partial charge is 0.468 e. The number of halogens is 1. The van der Waals surface area contributed by atoms with Gasteiger partial charge in [0.25, 0.3) is 0 Å². The molecule has 0 atom stereocenters. The molecular formula is C15H19BrO2S. The van der Waals surface area contributed by atoms with Crippen molar-refractivity contribution in [3.63, 3.8) is 0 Å². The fraction of sp³-hybridized carbons (Fsp3) is 0.533. The van der Waals surface area contributed by atoms with Crippen molar-refractivity contribution in [1.29, 1.82) is 0 Å². The van der Waals surface area contributed by atoms with Gasteiger partial charge in [-0.2, -0.15) is 0 Å². The first-order chi connectivity index (χ1) is 9.08. The van der Waals surface area contributed by atoms with Crippen molar-refractivity contribution in [2.45, 2.75) is 42.9 Å². The molecule has 1 aliphatic carbocycles. The summed E-state index contributed by atoms with van der Waals surface area (Å²) in [5, 5.41) is 0. The van der Waals surface area contributed by atoms with E-state index in [4.69, 9.17) is 4.74 Å². The first-order valence-corrected chi connectivity index (χ1v) is 8.56. The summed E-state index contributed by atoms with van der Waals surface area (Å²) >= 11 is 5.28. The second kappa shape index (κ2) is 5.88. The molecule has 0 N–H and O–H groups in total. The van der Waals surface area contributed by atoms with Gasteiger partial charge in [-0.3, -0.25) is 4.79 Å². The lowest BCUT2D eigenvalue weighted by atomic mass is 9.89. The number of hydrogen-bond donors (Lipinski definition) is 0. The lowest BCUT2D eigenvalue weighted by Crippen LogP contribution is -2.24. The predicted octanol–water partition coefficient (Wildman–Crippen LogP) is 4.33. The lowest BCUT2D eigenvalue weighted by molar-refractivity contribution is -0.143. The van der Waals surface area contributed by atoms with E-state index in [9.17, 15) is 4.79 Å². The number of methoxy groups -OCH3 is 1. The average molecular weight is 343 g/mol. The number of hydrogen-bond acceptors (Lipinski definition) is 3. The number of thioether (sulfide) groups is 1. The van der Waals surface area contributed by atoms with Crippen LogP contribution in [0.25, 0.3) is 0 Å². The molecule has 0 aliphatic heterocycles. The molecule has 2 rings (SSSR count). The smallest absolute Gasteiger partial charge is 0.316 e. The van der Waals surface area contributed by atoms with E-state index in [0.717, 1.165) is 30.2 Å². The van der Waals surface area contributed by atoms with Crippen LogP contribution in [0.2, 0.25) is 0 Å². The third-order valence-electron chi connectivity index (χ3n) is 3.69. The maximum Gasteiger partial charge on any atom is 0.316 e. The van der Waals surface area contributed by atoms with Crippen molar-refractivity contribution in [3.05, 3.63) is 27.7 Å². The molecule has 0 saturated heterocycles. The zero-order valence-corrected chi connectivity index (χ0v) is 14.0. The number of ether oxygens (including phenoxy) is 1. The quantitative estimate of drug-likeness (QED) is 0.588. The van der Waals surface area contributed by atoms with Gasteiger partial charge in [0.05, 0.1) is 12.5 Å². The monoisotopic (exact) mass is 342 g/mol. The molecule has 1 fully saturated rings. The van der Waals surface area contributed by atoms with Crippen LogP contribution in [0.1, 0.15) is 37.3 Å². The Balaban J connectivity index is 2.57. The van der Waals surface area contributed by atoms with E-state index >= 15 is 0 Å². The normalized spacial score (nSPS) is 16.2. The van der Waals surface area contributed by atoms with Crippen molar-refractivity contribution >= 4 is 33.7 Å². The second-order valence-corrected chi connectivity index (χ2v) is 6.73. The van der Waals surface area contributed by atoms with Crippen LogP contribution in [-0.4, -0.2) is 19.3 Å². The van der Waals surface area contributed by atoms with E-state index in [-0.39, 0.29) is 11.4 Å². The number of esters is 1. The van der Waals surface area contributed by atoms with Gasteiger partial charge in [-0.15, -0.1) is 11.8 Å². The maximum atomic E-state index is 12.2. The number of benzene rings is 1. The van der Waals surface area contributed by atoms with Gasteiger partial charge in [0.15, 0.2) is 0 Å². The van der Waals surface area contributed by atoms with Gasteiger partial charge in [-0.1, -0.05) is 29.3 Å². The Kier molecular flexibility index (Phi) is 4.62. The third kappa shape index (κ3) is 2.70. The molecular weight excluding hydrogens is 324 g/mol. The molecule has 104 valence electrons. The first-order valence-electron chi connectivity index (χ1n) is 6.54. The van der Waals surface area contributed by atoms with Crippen LogP contribution >= 0.6 is 27.7 Å². The van der Waals surface area contributed by atoms with Gasteiger partial charge in [-0.05, 0) is 48.8 Å². The van der Waals surface area contributed by atoms with Gasteiger partial charge in [0.1, 0.15) is 0 Å². The molecule has 1 aromatic rings. The molecule has 2 nitrogen and oxygen atoms in total. The van der Waals surface area contributed by atoms with Crippen molar-refractivity contribution < 1.29 is 9.53 Å². The number of carbonyl (C=O) groups is 1. The van der Waals surface area contributed by atoms with Crippen LogP contribution in [0, 0.1) is 0 Å². The van der Waals surface area contributed by atoms with Crippen molar-refractivity contribution in [2.75, 3.05) is 13.4 Å². The first kappa shape index (κ1) is 14.9. The number of carbonyl (C=O) groups excluding carboxylic acids is 1. The summed E-state index contributed by atoms with van der Waals surface area (Å²) in [4.78, 5) is 13.4. The highest BCUT2D eigenvalue weighted by molar-refractivity contribution is 9.10. The number of aryl methyl sites for hydroxylation is 1. The lowest BCUT2D eigenvalue weighted by Gasteiger charge is -2.21. The Morgan fingerprint density at radius 3 is 2.63 bits per heavy atom. The molecule has 0 unspecified atom stereocenters. The van der Waals surface area contributed by atoms with E-state index in [1.54, 1.807) is 11.8 Å². The molecule has 1 saturated carbocycles. The average Bonchev–Trinajstić information content (AvgIpc) is 3.18. The van der Waals surface area contributed by atoms with E-state index in [0.29, 0.717) is 0 Å². The van der Waals surface area contributed by atoms with Gasteiger partial charge >= 0.3 is 5.97 Å². The fourth-order valence-electron chi connectivity index (χ4n) is 2.68. The molecule has 4 heteroatoms. The van der Waals surface area contributed by atoms with Gasteiger partial charge in [0.2, 0.25) is 0 Å². The Hall–Kier alpha value is -0.480. The number of rotatable bonds is 5. The summed E-state index contributed by atoms with van der Waals surface area (Å²) < 4.78 is 6.12. The Morgan fingerprint density at radius 2 is 2.16 bits per heavy atom. The van der Waals surface area contributed by atoms with Crippen molar-refractivity contribution in [2.24, 2.45) is 0 Å². The van der Waals surface area contributed by atoms with Crippen molar-refractivity contribution in [3.8, 4) is 0 Å². The Labute approximate surface area is 127 Å². The van der Waals surface area contributed by atoms with Crippen LogP contribution in [0.3, 0.4) is 0 Å². The van der Waals surface area contributed by atoms with Crippen LogP contribution < -0.4 is 0 Å². The van der Waals surface area contributed by atoms with E-state index < -0.39 is 0 Å². The molecule has 0 aromatic heterocycles. The third-order valence-corrected chi connectivity index (χ3v) is 4.91. The van der Waals surface area contributed by atoms with Crippen LogP contribution in [0.15, 0.2) is 21.5 Å². The summed E-state index contributed by atoms with van der Waals surface area (Å²) in [6.07, 6.45) is 5.96. The van der Waals surface area contributed by atoms with Gasteiger partial charge in [-0.25, -0.2) is 0 Å². The molecule has 1 aromatic carbocycles. The molecule has 0 bridgehead atoms. The standard InChI is InChI=1S/C15H19BrO2S/c1-4-5-10-8-11(16)9-12(19-3)13(10)15(6-7-15)14(17)18-2/h8-9H,4-7H2,1-3H3. The second-order valence-electron chi connectivity index (χ2n) is 4.97. The van der Waals surface area contributed by atoms with Gasteiger partial charge < -0.3 is 4.74 Å². The fourth-order valence-corrected chi connectivity index (χ4v) is 4.12. The molecule has 0 amide bonds. The zero-order chi connectivity index (χ0) is 14.0. The predicted molar refractivity (Wildman–Crippen MR) is 82.8 cm³/mol. The summed E-state index contributed by atoms with van der Waals surface area (Å²) in [6, 6.07) is 4.27. The highest BCUT2D eigenvalue weighted by Gasteiger charge is 2.54. The van der Waals surface area contributed by atoms with Crippen LogP contribution in [0.5, 0.6) is 0 Å². The molecule has 0 heterocycles. The Morgan fingerprint density at radius 1 is 1.47 bits per heavy atom. The van der Waals surface area contributed by atoms with Gasteiger partial charge in [0, 0.05) is 9.37 Å². The minimum atomic E-state index is -0.377. The summed E-state index contributed by atoms with van der Waals surface area (Å²) in [5.41, 5.74) is 2.11. The molecule has 0 radical (unpaired) electrons. The van der Waals surface area contributed by atoms with Crippen LogP contribution in [-0.2, 0) is 21.4 Å². The molecule has 0 spiro atoms. The molecule has 19 heavy (non-hydrogen) atoms. The topological polar surface area (TPSA) is 26.3 Å². The highest BCUT2D eigenvalue weighted by Crippen LogP contribution is 2.53. The van der Waals surface area contributed by atoms with Crippen LogP contribution in [0.4, 0.5) is 0 Å². The summed E-state index contributed by atoms with van der Waals surface area (Å²) in [6.45, 7) is 2.17. The van der Waals surface area contributed by atoms with E-state index in [1.807, 2.05) is 0 Å². The summed E-state index contributed by atoms with van der Waals surface area (Å²) in [7, 11) is 1.49. The molecule has 1 aliphatic rings. The maximum absolute atomic E-state index is 12.2. The van der Waals surface area contributed by atoms with E-state index in [2.05, 4.69) is 41.2 Å².